The highest BCUT2D eigenvalue weighted by Crippen LogP contribution is 2.27. The molecule has 3 aromatic heterocycles. The Labute approximate surface area is 233 Å². The average Bonchev–Trinajstić information content (AvgIpc) is 3.23. The number of ether oxygens (including phenoxy) is 2. The SMILES string of the molecule is CC.C[C@@H]1COCCN1c1cc(Cl)[nH]c(=O)n1.Cc1cnn(C)c1-c1cc(N2CCOC[C@H]2C)nc(Cl)n1. The maximum atomic E-state index is 11.2. The van der Waals surface area contributed by atoms with E-state index in [0.29, 0.717) is 37.4 Å². The van der Waals surface area contributed by atoms with Crippen LogP contribution in [0.3, 0.4) is 0 Å². The molecule has 5 heterocycles. The molecule has 1 N–H and O–H groups in total. The lowest BCUT2D eigenvalue weighted by Crippen LogP contribution is -2.44. The minimum absolute atomic E-state index is 0.212. The predicted octanol–water partition coefficient (Wildman–Crippen LogP) is 3.74. The zero-order valence-electron chi connectivity index (χ0n) is 22.7. The summed E-state index contributed by atoms with van der Waals surface area (Å²) in [5.74, 6) is 1.45. The lowest BCUT2D eigenvalue weighted by atomic mass is 10.2. The van der Waals surface area contributed by atoms with Crippen molar-refractivity contribution >= 4 is 34.8 Å². The molecule has 0 radical (unpaired) electrons. The van der Waals surface area contributed by atoms with E-state index >= 15 is 0 Å². The van der Waals surface area contributed by atoms with Crippen LogP contribution >= 0.6 is 23.2 Å². The molecule has 2 fully saturated rings. The fourth-order valence-electron chi connectivity index (χ4n) is 4.29. The van der Waals surface area contributed by atoms with E-state index in [1.54, 1.807) is 10.7 Å². The lowest BCUT2D eigenvalue weighted by molar-refractivity contribution is 0.0985. The number of halogens is 2. The highest BCUT2D eigenvalue weighted by molar-refractivity contribution is 6.29. The van der Waals surface area contributed by atoms with Gasteiger partial charge in [-0.05, 0) is 37.9 Å². The first kappa shape index (κ1) is 29.8. The van der Waals surface area contributed by atoms with Crippen LogP contribution in [0.15, 0.2) is 23.1 Å². The smallest absolute Gasteiger partial charge is 0.348 e. The van der Waals surface area contributed by atoms with E-state index in [2.05, 4.69) is 36.9 Å². The Kier molecular flexibility index (Phi) is 10.9. The standard InChI is InChI=1S/C14H18ClN5O.C9H12ClN3O2.C2H6/c1-9-7-16-19(3)13(9)11-6-12(18-14(15)17-11)20-4-5-21-8-10(20)2;1-6-5-15-3-2-13(6)8-4-7(10)11-9(14)12-8;1-2/h6-7,10H,4-5,8H2,1-3H3;4,6H,2-3,5H2,1H3,(H,11,12,14);1-2H3/t10-;6-;/m11./s1. The number of nitrogens with zero attached hydrogens (tertiary/aromatic N) is 7. The van der Waals surface area contributed by atoms with Crippen molar-refractivity contribution in [2.45, 2.75) is 46.7 Å². The third kappa shape index (κ3) is 7.43. The second-order valence-electron chi connectivity index (χ2n) is 8.81. The van der Waals surface area contributed by atoms with E-state index < -0.39 is 5.69 Å². The normalized spacial score (nSPS) is 19.3. The summed E-state index contributed by atoms with van der Waals surface area (Å²) in [5.41, 5.74) is 2.40. The lowest BCUT2D eigenvalue weighted by Gasteiger charge is -2.34. The molecule has 2 atom stereocenters. The first-order valence-electron chi connectivity index (χ1n) is 12.7. The molecule has 0 bridgehead atoms. The summed E-state index contributed by atoms with van der Waals surface area (Å²) in [6.07, 6.45) is 1.82. The van der Waals surface area contributed by atoms with Crippen molar-refractivity contribution in [3.63, 3.8) is 0 Å². The first-order chi connectivity index (χ1) is 18.2. The minimum Gasteiger partial charge on any atom is -0.377 e. The molecule has 2 aliphatic heterocycles. The Balaban J connectivity index is 0.000000208. The summed E-state index contributed by atoms with van der Waals surface area (Å²) >= 11 is 11.9. The van der Waals surface area contributed by atoms with Crippen molar-refractivity contribution in [3.8, 4) is 11.4 Å². The number of hydrogen-bond acceptors (Lipinski definition) is 9. The fraction of sp³-hybridized carbons (Fsp3) is 0.560. The summed E-state index contributed by atoms with van der Waals surface area (Å²) in [6, 6.07) is 4.11. The number of morpholine rings is 2. The number of rotatable bonds is 3. The summed E-state index contributed by atoms with van der Waals surface area (Å²) in [5, 5.41) is 4.82. The first-order valence-corrected chi connectivity index (χ1v) is 13.5. The summed E-state index contributed by atoms with van der Waals surface area (Å²) in [7, 11) is 1.90. The van der Waals surface area contributed by atoms with Gasteiger partial charge in [-0.2, -0.15) is 10.1 Å². The van der Waals surface area contributed by atoms with Crippen LogP contribution in [-0.2, 0) is 16.5 Å². The molecule has 5 rings (SSSR count). The van der Waals surface area contributed by atoms with Crippen LogP contribution in [0.4, 0.5) is 11.6 Å². The second-order valence-corrected chi connectivity index (χ2v) is 9.55. The van der Waals surface area contributed by atoms with Crippen LogP contribution in [0.25, 0.3) is 11.4 Å². The quantitative estimate of drug-likeness (QED) is 0.374. The van der Waals surface area contributed by atoms with Gasteiger partial charge in [0, 0.05) is 32.3 Å². The Hall–Kier alpha value is -2.73. The van der Waals surface area contributed by atoms with Gasteiger partial charge in [0.2, 0.25) is 5.28 Å². The summed E-state index contributed by atoms with van der Waals surface area (Å²) in [6.45, 7) is 14.4. The van der Waals surface area contributed by atoms with E-state index in [1.165, 1.54) is 0 Å². The number of aryl methyl sites for hydroxylation is 2. The molecule has 13 heteroatoms. The van der Waals surface area contributed by atoms with Gasteiger partial charge in [0.05, 0.1) is 56.1 Å². The van der Waals surface area contributed by atoms with Gasteiger partial charge in [0.25, 0.3) is 0 Å². The van der Waals surface area contributed by atoms with Crippen molar-refractivity contribution < 1.29 is 9.47 Å². The van der Waals surface area contributed by atoms with E-state index in [0.717, 1.165) is 35.9 Å². The van der Waals surface area contributed by atoms with Crippen molar-refractivity contribution in [2.75, 3.05) is 49.3 Å². The highest BCUT2D eigenvalue weighted by Gasteiger charge is 2.23. The van der Waals surface area contributed by atoms with Gasteiger partial charge in [-0.25, -0.2) is 14.8 Å². The van der Waals surface area contributed by atoms with Gasteiger partial charge < -0.3 is 19.3 Å². The monoisotopic (exact) mass is 566 g/mol. The van der Waals surface area contributed by atoms with Crippen LogP contribution in [0.2, 0.25) is 10.4 Å². The van der Waals surface area contributed by atoms with Crippen molar-refractivity contribution in [3.05, 3.63) is 44.8 Å². The average molecular weight is 568 g/mol. The molecule has 0 aliphatic carbocycles. The number of anilines is 2. The molecule has 0 aromatic carbocycles. The van der Waals surface area contributed by atoms with Gasteiger partial charge in [0.15, 0.2) is 0 Å². The molecule has 0 amide bonds. The van der Waals surface area contributed by atoms with Crippen LogP contribution in [0.1, 0.15) is 33.3 Å². The molecule has 11 nitrogen and oxygen atoms in total. The maximum Gasteiger partial charge on any atom is 0.348 e. The number of H-pyrrole nitrogens is 1. The molecular formula is C25H36Cl2N8O3. The van der Waals surface area contributed by atoms with Gasteiger partial charge in [-0.15, -0.1) is 0 Å². The van der Waals surface area contributed by atoms with Crippen molar-refractivity contribution in [1.29, 1.82) is 0 Å². The third-order valence-corrected chi connectivity index (χ3v) is 6.44. The van der Waals surface area contributed by atoms with Crippen molar-refractivity contribution in [2.24, 2.45) is 7.05 Å². The molecule has 0 saturated carbocycles. The zero-order chi connectivity index (χ0) is 27.8. The van der Waals surface area contributed by atoms with Crippen LogP contribution in [0, 0.1) is 6.92 Å². The highest BCUT2D eigenvalue weighted by atomic mass is 35.5. The van der Waals surface area contributed by atoms with Gasteiger partial charge in [0.1, 0.15) is 16.8 Å². The van der Waals surface area contributed by atoms with E-state index in [4.69, 9.17) is 32.7 Å². The van der Waals surface area contributed by atoms with E-state index in [1.807, 2.05) is 51.9 Å². The Morgan fingerprint density at radius 1 is 0.947 bits per heavy atom. The molecule has 208 valence electrons. The van der Waals surface area contributed by atoms with Gasteiger partial charge >= 0.3 is 5.69 Å². The fourth-order valence-corrected chi connectivity index (χ4v) is 4.64. The van der Waals surface area contributed by atoms with Crippen LogP contribution < -0.4 is 15.5 Å². The molecule has 2 aliphatic rings. The van der Waals surface area contributed by atoms with Gasteiger partial charge in [-0.3, -0.25) is 9.67 Å². The molecular weight excluding hydrogens is 531 g/mol. The number of hydrogen-bond donors (Lipinski definition) is 1. The van der Waals surface area contributed by atoms with E-state index in [9.17, 15) is 4.79 Å². The maximum absolute atomic E-state index is 11.2. The Bertz CT molecular complexity index is 1230. The van der Waals surface area contributed by atoms with E-state index in [-0.39, 0.29) is 17.4 Å². The molecule has 0 spiro atoms. The summed E-state index contributed by atoms with van der Waals surface area (Å²) < 4.78 is 12.6. The number of aromatic amines is 1. The Morgan fingerprint density at radius 3 is 2.03 bits per heavy atom. The minimum atomic E-state index is -0.420. The number of nitrogens with one attached hydrogen (secondary N) is 1. The second kappa shape index (κ2) is 13.9. The van der Waals surface area contributed by atoms with Crippen LogP contribution in [0.5, 0.6) is 0 Å². The van der Waals surface area contributed by atoms with Crippen LogP contribution in [-0.4, -0.2) is 81.3 Å². The third-order valence-electron chi connectivity index (χ3n) is 6.07. The molecule has 3 aromatic rings. The number of aromatic nitrogens is 6. The van der Waals surface area contributed by atoms with Gasteiger partial charge in [-0.1, -0.05) is 25.4 Å². The molecule has 2 saturated heterocycles. The zero-order valence-corrected chi connectivity index (χ0v) is 24.3. The largest absolute Gasteiger partial charge is 0.377 e. The topological polar surface area (TPSA) is 114 Å². The predicted molar refractivity (Wildman–Crippen MR) is 150 cm³/mol. The van der Waals surface area contributed by atoms with Crippen molar-refractivity contribution in [1.82, 2.24) is 29.7 Å². The summed E-state index contributed by atoms with van der Waals surface area (Å²) in [4.78, 5) is 30.4. The Morgan fingerprint density at radius 2 is 1.53 bits per heavy atom. The molecule has 0 unspecified atom stereocenters. The molecule has 38 heavy (non-hydrogen) atoms.